The van der Waals surface area contributed by atoms with Crippen molar-refractivity contribution in [2.45, 2.75) is 6.92 Å². The van der Waals surface area contributed by atoms with Crippen LogP contribution in [0.25, 0.3) is 0 Å². The van der Waals surface area contributed by atoms with Crippen molar-refractivity contribution < 1.29 is 13.6 Å². The third-order valence-corrected chi connectivity index (χ3v) is 2.76. The lowest BCUT2D eigenvalue weighted by Crippen LogP contribution is -2.14. The maximum atomic E-state index is 13.2. The van der Waals surface area contributed by atoms with Crippen LogP contribution in [0.3, 0.4) is 0 Å². The van der Waals surface area contributed by atoms with Crippen LogP contribution in [0.5, 0.6) is 0 Å². The van der Waals surface area contributed by atoms with Crippen LogP contribution in [0.4, 0.5) is 13.9 Å². The Balaban J connectivity index is 2.23. The quantitative estimate of drug-likeness (QED) is 0.838. The Morgan fingerprint density at radius 2 is 2.18 bits per heavy atom. The molecule has 17 heavy (non-hydrogen) atoms. The average Bonchev–Trinajstić information content (AvgIpc) is 2.68. The van der Waals surface area contributed by atoms with Crippen molar-refractivity contribution in [2.24, 2.45) is 0 Å². The largest absolute Gasteiger partial charge is 0.298 e. The molecule has 0 aliphatic rings. The smallest absolute Gasteiger partial charge is 0.260 e. The van der Waals surface area contributed by atoms with E-state index in [1.54, 1.807) is 6.20 Å². The van der Waals surface area contributed by atoms with E-state index < -0.39 is 23.2 Å². The van der Waals surface area contributed by atoms with Crippen molar-refractivity contribution in [3.63, 3.8) is 0 Å². The van der Waals surface area contributed by atoms with Gasteiger partial charge in [-0.1, -0.05) is 0 Å². The Kier molecular flexibility index (Phi) is 3.10. The molecule has 0 saturated heterocycles. The van der Waals surface area contributed by atoms with Crippen molar-refractivity contribution in [1.29, 1.82) is 0 Å². The van der Waals surface area contributed by atoms with Gasteiger partial charge in [0.15, 0.2) is 10.9 Å². The molecule has 2 heterocycles. The van der Waals surface area contributed by atoms with Crippen LogP contribution in [0.2, 0.25) is 0 Å². The van der Waals surface area contributed by atoms with Gasteiger partial charge in [0.05, 0.1) is 5.56 Å². The maximum Gasteiger partial charge on any atom is 0.260 e. The minimum atomic E-state index is -1.30. The standard InChI is InChI=1S/C10H7F2N3OS/c1-5-4-14-10(17-5)15-9(16)6-2-3-13-8(12)7(6)11/h2-4H,1H3,(H,14,15,16). The van der Waals surface area contributed by atoms with Crippen molar-refractivity contribution in [1.82, 2.24) is 9.97 Å². The number of nitrogens with one attached hydrogen (secondary N) is 1. The Bertz CT molecular complexity index is 570. The van der Waals surface area contributed by atoms with Gasteiger partial charge >= 0.3 is 0 Å². The van der Waals surface area contributed by atoms with E-state index in [-0.39, 0.29) is 0 Å². The lowest BCUT2D eigenvalue weighted by atomic mass is 10.2. The van der Waals surface area contributed by atoms with E-state index in [2.05, 4.69) is 15.3 Å². The van der Waals surface area contributed by atoms with Gasteiger partial charge in [-0.25, -0.2) is 14.4 Å². The molecule has 1 N–H and O–H groups in total. The summed E-state index contributed by atoms with van der Waals surface area (Å²) in [6.45, 7) is 1.82. The van der Waals surface area contributed by atoms with Crippen molar-refractivity contribution >= 4 is 22.4 Å². The molecule has 2 aromatic heterocycles. The molecule has 0 bridgehead atoms. The summed E-state index contributed by atoms with van der Waals surface area (Å²) in [5.74, 6) is -3.32. The molecular weight excluding hydrogens is 248 g/mol. The molecular formula is C10H7F2N3OS. The Morgan fingerprint density at radius 3 is 2.82 bits per heavy atom. The van der Waals surface area contributed by atoms with Crippen LogP contribution >= 0.6 is 11.3 Å². The molecule has 0 unspecified atom stereocenters. The van der Waals surface area contributed by atoms with Gasteiger partial charge in [0.2, 0.25) is 5.95 Å². The van der Waals surface area contributed by atoms with Crippen molar-refractivity contribution in [3.05, 3.63) is 40.7 Å². The fraction of sp³-hybridized carbons (Fsp3) is 0.100. The zero-order valence-corrected chi connectivity index (χ0v) is 9.52. The topological polar surface area (TPSA) is 54.9 Å². The molecule has 0 spiro atoms. The predicted octanol–water partition coefficient (Wildman–Crippen LogP) is 2.38. The summed E-state index contributed by atoms with van der Waals surface area (Å²) in [6.07, 6.45) is 2.60. The van der Waals surface area contributed by atoms with Crippen molar-refractivity contribution in [3.8, 4) is 0 Å². The van der Waals surface area contributed by atoms with Gasteiger partial charge in [-0.05, 0) is 13.0 Å². The summed E-state index contributed by atoms with van der Waals surface area (Å²) in [5.41, 5.74) is -0.398. The van der Waals surface area contributed by atoms with Crippen molar-refractivity contribution in [2.75, 3.05) is 5.32 Å². The van der Waals surface area contributed by atoms with Gasteiger partial charge in [0.25, 0.3) is 5.91 Å². The maximum absolute atomic E-state index is 13.2. The van der Waals surface area contributed by atoms with Gasteiger partial charge < -0.3 is 0 Å². The van der Waals surface area contributed by atoms with Gasteiger partial charge in [-0.3, -0.25) is 10.1 Å². The highest BCUT2D eigenvalue weighted by Gasteiger charge is 2.16. The average molecular weight is 255 g/mol. The molecule has 7 heteroatoms. The minimum Gasteiger partial charge on any atom is -0.298 e. The first-order chi connectivity index (χ1) is 8.08. The van der Waals surface area contributed by atoms with E-state index in [1.807, 2.05) is 6.92 Å². The van der Waals surface area contributed by atoms with E-state index in [9.17, 15) is 13.6 Å². The minimum absolute atomic E-state index is 0.337. The lowest BCUT2D eigenvalue weighted by molar-refractivity contribution is 0.102. The number of amides is 1. The summed E-state index contributed by atoms with van der Waals surface area (Å²) in [5, 5.41) is 2.72. The number of halogens is 2. The normalized spacial score (nSPS) is 10.3. The molecule has 4 nitrogen and oxygen atoms in total. The summed E-state index contributed by atoms with van der Waals surface area (Å²) < 4.78 is 26.0. The van der Waals surface area contributed by atoms with Gasteiger partial charge in [0.1, 0.15) is 0 Å². The number of carbonyl (C=O) groups is 1. The summed E-state index contributed by atoms with van der Waals surface area (Å²) in [6, 6.07) is 1.11. The second-order valence-electron chi connectivity index (χ2n) is 3.19. The number of rotatable bonds is 2. The van der Waals surface area contributed by atoms with E-state index >= 15 is 0 Å². The Labute approximate surface area is 99.3 Å². The number of aromatic nitrogens is 2. The SMILES string of the molecule is Cc1cnc(NC(=O)c2ccnc(F)c2F)s1. The van der Waals surface area contributed by atoms with E-state index in [4.69, 9.17) is 0 Å². The predicted molar refractivity (Wildman–Crippen MR) is 59.0 cm³/mol. The Hall–Kier alpha value is -1.89. The number of hydrogen-bond acceptors (Lipinski definition) is 4. The molecule has 0 aliphatic carbocycles. The molecule has 2 rings (SSSR count). The van der Waals surface area contributed by atoms with E-state index in [1.165, 1.54) is 11.3 Å². The molecule has 0 saturated carbocycles. The molecule has 88 valence electrons. The zero-order valence-electron chi connectivity index (χ0n) is 8.70. The Morgan fingerprint density at radius 1 is 1.41 bits per heavy atom. The van der Waals surface area contributed by atoms with Crippen LogP contribution in [-0.2, 0) is 0 Å². The lowest BCUT2D eigenvalue weighted by Gasteiger charge is -2.02. The molecule has 0 aromatic carbocycles. The molecule has 0 fully saturated rings. The summed E-state index contributed by atoms with van der Waals surface area (Å²) >= 11 is 1.25. The highest BCUT2D eigenvalue weighted by molar-refractivity contribution is 7.15. The second-order valence-corrected chi connectivity index (χ2v) is 4.43. The number of thiazole rings is 1. The first-order valence-corrected chi connectivity index (χ1v) is 5.43. The zero-order chi connectivity index (χ0) is 12.4. The molecule has 2 aromatic rings. The number of nitrogens with zero attached hydrogens (tertiary/aromatic N) is 2. The molecule has 0 atom stereocenters. The van der Waals surface area contributed by atoms with E-state index in [0.29, 0.717) is 5.13 Å². The van der Waals surface area contributed by atoms with Crippen LogP contribution in [0, 0.1) is 18.7 Å². The number of anilines is 1. The molecule has 0 radical (unpaired) electrons. The first kappa shape index (κ1) is 11.6. The molecule has 0 aliphatic heterocycles. The monoisotopic (exact) mass is 255 g/mol. The second kappa shape index (κ2) is 4.54. The molecule has 1 amide bonds. The number of pyridine rings is 1. The number of carbonyl (C=O) groups excluding carboxylic acids is 1. The van der Waals surface area contributed by atoms with Crippen LogP contribution in [0.15, 0.2) is 18.5 Å². The van der Waals surface area contributed by atoms with Gasteiger partial charge in [-0.15, -0.1) is 11.3 Å². The highest BCUT2D eigenvalue weighted by Crippen LogP contribution is 2.18. The van der Waals surface area contributed by atoms with E-state index in [0.717, 1.165) is 17.1 Å². The third kappa shape index (κ3) is 2.44. The fourth-order valence-electron chi connectivity index (χ4n) is 1.17. The van der Waals surface area contributed by atoms with Gasteiger partial charge in [0, 0.05) is 17.3 Å². The van der Waals surface area contributed by atoms with Gasteiger partial charge in [-0.2, -0.15) is 4.39 Å². The summed E-state index contributed by atoms with van der Waals surface area (Å²) in [7, 11) is 0. The van der Waals surface area contributed by atoms with Crippen LogP contribution in [-0.4, -0.2) is 15.9 Å². The van der Waals surface area contributed by atoms with Crippen LogP contribution in [0.1, 0.15) is 15.2 Å². The highest BCUT2D eigenvalue weighted by atomic mass is 32.1. The number of hydrogen-bond donors (Lipinski definition) is 1. The van der Waals surface area contributed by atoms with Crippen LogP contribution < -0.4 is 5.32 Å². The number of aryl methyl sites for hydroxylation is 1. The summed E-state index contributed by atoms with van der Waals surface area (Å²) in [4.78, 5) is 19.5. The fourth-order valence-corrected chi connectivity index (χ4v) is 1.83. The third-order valence-electron chi connectivity index (χ3n) is 1.93. The first-order valence-electron chi connectivity index (χ1n) is 4.61.